The number of halogens is 3. The number of pyridine rings is 1. The number of hydrogen-bond acceptors (Lipinski definition) is 3. The molecule has 1 heterocycles. The maximum atomic E-state index is 13.9. The van der Waals surface area contributed by atoms with Crippen LogP contribution in [0.5, 0.6) is 5.75 Å². The molecule has 0 unspecified atom stereocenters. The van der Waals surface area contributed by atoms with E-state index in [1.165, 1.54) is 6.20 Å². The molecular formula is C16H17Cl2FN2O. The van der Waals surface area contributed by atoms with Crippen LogP contribution in [0.4, 0.5) is 4.39 Å². The van der Waals surface area contributed by atoms with Gasteiger partial charge in [-0.1, -0.05) is 23.7 Å². The first-order valence-electron chi connectivity index (χ1n) is 6.85. The van der Waals surface area contributed by atoms with E-state index >= 15 is 0 Å². The van der Waals surface area contributed by atoms with Crippen molar-refractivity contribution in [3.8, 4) is 16.9 Å². The molecule has 1 fully saturated rings. The van der Waals surface area contributed by atoms with E-state index in [1.54, 1.807) is 30.3 Å². The monoisotopic (exact) mass is 342 g/mol. The molecule has 1 aromatic carbocycles. The minimum atomic E-state index is -0.528. The second-order valence-corrected chi connectivity index (χ2v) is 5.78. The minimum Gasteiger partial charge on any atom is -0.490 e. The molecule has 1 saturated carbocycles. The van der Waals surface area contributed by atoms with E-state index in [0.717, 1.165) is 12.8 Å². The lowest BCUT2D eigenvalue weighted by Gasteiger charge is -2.15. The molecule has 0 atom stereocenters. The van der Waals surface area contributed by atoms with E-state index in [9.17, 15) is 4.39 Å². The highest BCUT2D eigenvalue weighted by atomic mass is 35.5. The summed E-state index contributed by atoms with van der Waals surface area (Å²) in [5, 5.41) is 3.81. The van der Waals surface area contributed by atoms with Gasteiger partial charge >= 0.3 is 0 Å². The fourth-order valence-electron chi connectivity index (χ4n) is 2.21. The molecule has 0 bridgehead atoms. The van der Waals surface area contributed by atoms with E-state index in [0.29, 0.717) is 28.5 Å². The van der Waals surface area contributed by atoms with E-state index in [1.807, 2.05) is 7.05 Å². The van der Waals surface area contributed by atoms with Crippen molar-refractivity contribution in [3.63, 3.8) is 0 Å². The first-order valence-corrected chi connectivity index (χ1v) is 7.23. The summed E-state index contributed by atoms with van der Waals surface area (Å²) in [7, 11) is 1.93. The van der Waals surface area contributed by atoms with Crippen LogP contribution >= 0.6 is 24.0 Å². The number of rotatable bonds is 5. The molecule has 1 N–H and O–H groups in total. The highest BCUT2D eigenvalue weighted by Gasteiger charge is 2.41. The zero-order valence-electron chi connectivity index (χ0n) is 12.1. The predicted molar refractivity (Wildman–Crippen MR) is 88.4 cm³/mol. The fraction of sp³-hybridized carbons (Fsp3) is 0.312. The molecule has 3 nitrogen and oxygen atoms in total. The third-order valence-corrected chi connectivity index (χ3v) is 4.08. The number of ether oxygens (including phenoxy) is 1. The van der Waals surface area contributed by atoms with Crippen LogP contribution in [-0.2, 0) is 0 Å². The van der Waals surface area contributed by atoms with Crippen molar-refractivity contribution >= 4 is 24.0 Å². The number of benzene rings is 1. The molecule has 0 spiro atoms. The largest absolute Gasteiger partial charge is 0.490 e. The average Bonchev–Trinajstić information content (AvgIpc) is 3.27. The summed E-state index contributed by atoms with van der Waals surface area (Å²) in [5.41, 5.74) is 1.15. The zero-order valence-corrected chi connectivity index (χ0v) is 13.7. The van der Waals surface area contributed by atoms with Gasteiger partial charge in [0.1, 0.15) is 12.4 Å². The van der Waals surface area contributed by atoms with Crippen LogP contribution in [-0.4, -0.2) is 24.2 Å². The summed E-state index contributed by atoms with van der Waals surface area (Å²) in [4.78, 5) is 3.78. The highest BCUT2D eigenvalue weighted by molar-refractivity contribution is 6.30. The number of hydrogen-bond donors (Lipinski definition) is 1. The molecule has 1 aliphatic rings. The van der Waals surface area contributed by atoms with Crippen molar-refractivity contribution < 1.29 is 9.13 Å². The van der Waals surface area contributed by atoms with Crippen molar-refractivity contribution in [2.45, 2.75) is 18.4 Å². The average molecular weight is 343 g/mol. The van der Waals surface area contributed by atoms with Gasteiger partial charge in [0.2, 0.25) is 5.95 Å². The lowest BCUT2D eigenvalue weighted by molar-refractivity contribution is 0.258. The summed E-state index contributed by atoms with van der Waals surface area (Å²) in [6, 6.07) is 8.71. The first-order chi connectivity index (χ1) is 10.1. The summed E-state index contributed by atoms with van der Waals surface area (Å²) < 4.78 is 19.7. The van der Waals surface area contributed by atoms with Crippen LogP contribution in [0.15, 0.2) is 36.5 Å². The van der Waals surface area contributed by atoms with Gasteiger partial charge in [-0.25, -0.2) is 4.98 Å². The quantitative estimate of drug-likeness (QED) is 0.831. The van der Waals surface area contributed by atoms with Crippen molar-refractivity contribution in [2.24, 2.45) is 0 Å². The van der Waals surface area contributed by atoms with Crippen molar-refractivity contribution in [1.82, 2.24) is 10.3 Å². The second kappa shape index (κ2) is 6.82. The number of nitrogens with zero attached hydrogens (tertiary/aromatic N) is 1. The van der Waals surface area contributed by atoms with Gasteiger partial charge in [-0.3, -0.25) is 0 Å². The van der Waals surface area contributed by atoms with Gasteiger partial charge in [-0.05, 0) is 43.7 Å². The van der Waals surface area contributed by atoms with Gasteiger partial charge in [0.25, 0.3) is 0 Å². The lowest BCUT2D eigenvalue weighted by atomic mass is 10.1. The van der Waals surface area contributed by atoms with Crippen LogP contribution in [0.25, 0.3) is 11.1 Å². The third kappa shape index (κ3) is 3.69. The number of aromatic nitrogens is 1. The van der Waals surface area contributed by atoms with Gasteiger partial charge in [-0.2, -0.15) is 4.39 Å². The van der Waals surface area contributed by atoms with Gasteiger partial charge in [0.15, 0.2) is 0 Å². The Balaban J connectivity index is 0.00000176. The second-order valence-electron chi connectivity index (χ2n) is 5.34. The Hall–Kier alpha value is -1.36. The Bertz CT molecular complexity index is 662. The number of likely N-dealkylation sites (N-methyl/N-ethyl adjacent to an activating group) is 1. The molecular weight excluding hydrogens is 326 g/mol. The lowest BCUT2D eigenvalue weighted by Crippen LogP contribution is -2.33. The SMILES string of the molecule is CNC1(COc2cnc(F)c(-c3cccc(Cl)c3)c2)CC1.Cl. The zero-order chi connectivity index (χ0) is 14.9. The molecule has 118 valence electrons. The summed E-state index contributed by atoms with van der Waals surface area (Å²) in [5.74, 6) is 0.0345. The van der Waals surface area contributed by atoms with Crippen LogP contribution in [0, 0.1) is 5.95 Å². The normalized spacial score (nSPS) is 15.0. The van der Waals surface area contributed by atoms with Crippen LogP contribution in [0.3, 0.4) is 0 Å². The third-order valence-electron chi connectivity index (χ3n) is 3.85. The molecule has 1 aliphatic carbocycles. The van der Waals surface area contributed by atoms with Gasteiger partial charge in [-0.15, -0.1) is 12.4 Å². The minimum absolute atomic E-state index is 0. The Morgan fingerprint density at radius 1 is 1.36 bits per heavy atom. The maximum absolute atomic E-state index is 13.9. The molecule has 6 heteroatoms. The fourth-order valence-corrected chi connectivity index (χ4v) is 2.40. The topological polar surface area (TPSA) is 34.1 Å². The van der Waals surface area contributed by atoms with E-state index < -0.39 is 5.95 Å². The van der Waals surface area contributed by atoms with E-state index in [2.05, 4.69) is 10.3 Å². The molecule has 0 aliphatic heterocycles. The Morgan fingerprint density at radius 3 is 2.77 bits per heavy atom. The summed E-state index contributed by atoms with van der Waals surface area (Å²) in [6.45, 7) is 0.561. The molecule has 0 radical (unpaired) electrons. The van der Waals surface area contributed by atoms with Gasteiger partial charge in [0.05, 0.1) is 11.7 Å². The smallest absolute Gasteiger partial charge is 0.220 e. The number of nitrogens with one attached hydrogen (secondary N) is 1. The van der Waals surface area contributed by atoms with Crippen molar-refractivity contribution in [3.05, 3.63) is 47.5 Å². The first kappa shape index (κ1) is 17.0. The maximum Gasteiger partial charge on any atom is 0.220 e. The molecule has 0 saturated heterocycles. The standard InChI is InChI=1S/C16H16ClFN2O.ClH/c1-19-16(5-6-16)10-21-13-8-14(15(18)20-9-13)11-3-2-4-12(17)7-11;/h2-4,7-9,19H,5-6,10H2,1H3;1H. The molecule has 2 aromatic rings. The Morgan fingerprint density at radius 2 is 2.14 bits per heavy atom. The van der Waals surface area contributed by atoms with E-state index in [-0.39, 0.29) is 17.9 Å². The molecule has 22 heavy (non-hydrogen) atoms. The van der Waals surface area contributed by atoms with E-state index in [4.69, 9.17) is 16.3 Å². The molecule has 0 amide bonds. The predicted octanol–water partition coefficient (Wildman–Crippen LogP) is 4.09. The highest BCUT2D eigenvalue weighted by Crippen LogP contribution is 2.35. The Kier molecular flexibility index (Phi) is 5.27. The van der Waals surface area contributed by atoms with Gasteiger partial charge < -0.3 is 10.1 Å². The van der Waals surface area contributed by atoms with Crippen LogP contribution < -0.4 is 10.1 Å². The summed E-state index contributed by atoms with van der Waals surface area (Å²) >= 11 is 5.95. The van der Waals surface area contributed by atoms with Crippen molar-refractivity contribution in [1.29, 1.82) is 0 Å². The summed E-state index contributed by atoms with van der Waals surface area (Å²) in [6.07, 6.45) is 3.60. The van der Waals surface area contributed by atoms with Crippen molar-refractivity contribution in [2.75, 3.05) is 13.7 Å². The molecule has 3 rings (SSSR count). The van der Waals surface area contributed by atoms with Crippen LogP contribution in [0.1, 0.15) is 12.8 Å². The molecule has 1 aromatic heterocycles. The van der Waals surface area contributed by atoms with Gasteiger partial charge in [0, 0.05) is 10.6 Å². The Labute approximate surface area is 140 Å². The van der Waals surface area contributed by atoms with Crippen LogP contribution in [0.2, 0.25) is 5.02 Å².